The summed E-state index contributed by atoms with van der Waals surface area (Å²) < 4.78 is 0. The quantitative estimate of drug-likeness (QED) is 0.891. The standard InChI is InChI=1S/C20H22N4O/c1-2-23-10-12-24(13-11-23)19-9-4-3-8-18(19)22-20(25)17-7-5-6-16(14-17)15-21/h3-9,14H,2,10-13H2,1H3,(H,22,25)/p+1. The molecule has 0 bridgehead atoms. The molecular formula is C20H23N4O+. The van der Waals surface area contributed by atoms with Crippen molar-refractivity contribution >= 4 is 17.3 Å². The molecule has 5 heteroatoms. The number of quaternary nitrogens is 1. The van der Waals surface area contributed by atoms with Crippen molar-refractivity contribution in [1.29, 1.82) is 5.26 Å². The van der Waals surface area contributed by atoms with Crippen molar-refractivity contribution < 1.29 is 9.69 Å². The van der Waals surface area contributed by atoms with Gasteiger partial charge in [0, 0.05) is 5.56 Å². The number of para-hydroxylation sites is 2. The van der Waals surface area contributed by atoms with Gasteiger partial charge >= 0.3 is 0 Å². The third-order valence-electron chi connectivity index (χ3n) is 4.72. The highest BCUT2D eigenvalue weighted by Gasteiger charge is 2.21. The molecule has 25 heavy (non-hydrogen) atoms. The average molecular weight is 335 g/mol. The Bertz CT molecular complexity index is 788. The third kappa shape index (κ3) is 3.98. The van der Waals surface area contributed by atoms with Crippen LogP contribution in [-0.2, 0) is 0 Å². The molecule has 0 spiro atoms. The number of hydrogen-bond donors (Lipinski definition) is 2. The van der Waals surface area contributed by atoms with Gasteiger partial charge in [-0.3, -0.25) is 4.79 Å². The summed E-state index contributed by atoms with van der Waals surface area (Å²) in [7, 11) is 0. The smallest absolute Gasteiger partial charge is 0.255 e. The van der Waals surface area contributed by atoms with Gasteiger partial charge in [-0.15, -0.1) is 0 Å². The van der Waals surface area contributed by atoms with E-state index in [9.17, 15) is 4.79 Å². The van der Waals surface area contributed by atoms with Crippen molar-refractivity contribution in [2.24, 2.45) is 0 Å². The molecule has 1 saturated heterocycles. The number of nitriles is 1. The van der Waals surface area contributed by atoms with E-state index in [2.05, 4.69) is 29.3 Å². The zero-order valence-electron chi connectivity index (χ0n) is 14.5. The van der Waals surface area contributed by atoms with E-state index in [0.29, 0.717) is 11.1 Å². The van der Waals surface area contributed by atoms with E-state index in [1.807, 2.05) is 18.2 Å². The molecule has 0 saturated carbocycles. The van der Waals surface area contributed by atoms with Crippen LogP contribution in [0.3, 0.4) is 0 Å². The molecule has 1 fully saturated rings. The molecule has 2 aromatic carbocycles. The minimum Gasteiger partial charge on any atom is -0.359 e. The van der Waals surface area contributed by atoms with Gasteiger partial charge in [-0.05, 0) is 37.3 Å². The Balaban J connectivity index is 1.77. The lowest BCUT2D eigenvalue weighted by molar-refractivity contribution is -0.898. The lowest BCUT2D eigenvalue weighted by Crippen LogP contribution is -3.14. The van der Waals surface area contributed by atoms with Gasteiger partial charge in [0.15, 0.2) is 0 Å². The fourth-order valence-corrected chi connectivity index (χ4v) is 3.20. The van der Waals surface area contributed by atoms with Crippen LogP contribution < -0.4 is 15.1 Å². The van der Waals surface area contributed by atoms with E-state index < -0.39 is 0 Å². The third-order valence-corrected chi connectivity index (χ3v) is 4.72. The summed E-state index contributed by atoms with van der Waals surface area (Å²) in [6, 6.07) is 16.7. The van der Waals surface area contributed by atoms with Gasteiger partial charge in [0.05, 0.1) is 55.7 Å². The van der Waals surface area contributed by atoms with E-state index in [4.69, 9.17) is 5.26 Å². The van der Waals surface area contributed by atoms with Gasteiger partial charge in [-0.1, -0.05) is 18.2 Å². The largest absolute Gasteiger partial charge is 0.359 e. The molecule has 1 aliphatic heterocycles. The molecule has 5 nitrogen and oxygen atoms in total. The molecule has 0 atom stereocenters. The number of hydrogen-bond acceptors (Lipinski definition) is 3. The van der Waals surface area contributed by atoms with E-state index in [0.717, 1.165) is 44.1 Å². The zero-order valence-corrected chi connectivity index (χ0v) is 14.5. The maximum atomic E-state index is 12.6. The Kier molecular flexibility index (Phi) is 5.32. The van der Waals surface area contributed by atoms with Crippen molar-refractivity contribution in [3.63, 3.8) is 0 Å². The van der Waals surface area contributed by atoms with Crippen molar-refractivity contribution in [1.82, 2.24) is 0 Å². The predicted molar refractivity (Wildman–Crippen MR) is 99.0 cm³/mol. The lowest BCUT2D eigenvalue weighted by atomic mass is 10.1. The highest BCUT2D eigenvalue weighted by molar-refractivity contribution is 6.06. The predicted octanol–water partition coefficient (Wildman–Crippen LogP) is 1.54. The summed E-state index contributed by atoms with van der Waals surface area (Å²) in [5.74, 6) is -0.192. The molecule has 0 radical (unpaired) electrons. The van der Waals surface area contributed by atoms with E-state index in [-0.39, 0.29) is 5.91 Å². The Morgan fingerprint density at radius 1 is 1.20 bits per heavy atom. The maximum absolute atomic E-state index is 12.6. The van der Waals surface area contributed by atoms with Gasteiger partial charge in [0.2, 0.25) is 0 Å². The maximum Gasteiger partial charge on any atom is 0.255 e. The van der Waals surface area contributed by atoms with Gasteiger partial charge in [0.1, 0.15) is 0 Å². The van der Waals surface area contributed by atoms with Gasteiger partial charge in [-0.2, -0.15) is 5.26 Å². The summed E-state index contributed by atoms with van der Waals surface area (Å²) in [4.78, 5) is 16.5. The highest BCUT2D eigenvalue weighted by Crippen LogP contribution is 2.26. The van der Waals surface area contributed by atoms with E-state index in [1.165, 1.54) is 0 Å². The number of amides is 1. The van der Waals surface area contributed by atoms with E-state index in [1.54, 1.807) is 29.2 Å². The van der Waals surface area contributed by atoms with Crippen LogP contribution in [0.4, 0.5) is 11.4 Å². The van der Waals surface area contributed by atoms with Crippen LogP contribution in [-0.4, -0.2) is 38.6 Å². The van der Waals surface area contributed by atoms with Gasteiger partial charge < -0.3 is 15.1 Å². The number of likely N-dealkylation sites (N-methyl/N-ethyl adjacent to an activating group) is 1. The Labute approximate surface area is 148 Å². The minimum absolute atomic E-state index is 0.192. The second-order valence-corrected chi connectivity index (χ2v) is 6.25. The number of nitrogens with zero attached hydrogens (tertiary/aromatic N) is 2. The van der Waals surface area contributed by atoms with Crippen LogP contribution in [0.5, 0.6) is 0 Å². The summed E-state index contributed by atoms with van der Waals surface area (Å²) >= 11 is 0. The molecular weight excluding hydrogens is 312 g/mol. The summed E-state index contributed by atoms with van der Waals surface area (Å²) in [6.45, 7) is 7.57. The van der Waals surface area contributed by atoms with Crippen molar-refractivity contribution in [2.45, 2.75) is 6.92 Å². The van der Waals surface area contributed by atoms with Crippen LogP contribution in [0.15, 0.2) is 48.5 Å². The number of rotatable bonds is 4. The first-order valence-corrected chi connectivity index (χ1v) is 8.70. The molecule has 128 valence electrons. The lowest BCUT2D eigenvalue weighted by Gasteiger charge is -2.34. The van der Waals surface area contributed by atoms with Crippen LogP contribution in [0.25, 0.3) is 0 Å². The van der Waals surface area contributed by atoms with Crippen LogP contribution in [0.1, 0.15) is 22.8 Å². The first-order chi connectivity index (χ1) is 12.2. The highest BCUT2D eigenvalue weighted by atomic mass is 16.1. The Hall–Kier alpha value is -2.84. The SMILES string of the molecule is CC[NH+]1CCN(c2ccccc2NC(=O)c2cccc(C#N)c2)CC1. The number of benzene rings is 2. The molecule has 3 rings (SSSR count). The zero-order chi connectivity index (χ0) is 17.6. The first-order valence-electron chi connectivity index (χ1n) is 8.70. The normalized spacial score (nSPS) is 14.8. The summed E-state index contributed by atoms with van der Waals surface area (Å²) in [5.41, 5.74) is 2.85. The second kappa shape index (κ2) is 7.82. The Morgan fingerprint density at radius 3 is 2.68 bits per heavy atom. The van der Waals surface area contributed by atoms with Crippen LogP contribution >= 0.6 is 0 Å². The number of nitrogens with one attached hydrogen (secondary N) is 2. The molecule has 1 amide bonds. The minimum atomic E-state index is -0.192. The van der Waals surface area contributed by atoms with E-state index >= 15 is 0 Å². The molecule has 1 heterocycles. The Morgan fingerprint density at radius 2 is 1.96 bits per heavy atom. The second-order valence-electron chi connectivity index (χ2n) is 6.25. The average Bonchev–Trinajstić information content (AvgIpc) is 2.68. The number of anilines is 2. The molecule has 0 aliphatic carbocycles. The summed E-state index contributed by atoms with van der Waals surface area (Å²) in [5, 5.41) is 12.0. The fraction of sp³-hybridized carbons (Fsp3) is 0.300. The fourth-order valence-electron chi connectivity index (χ4n) is 3.20. The molecule has 2 N–H and O–H groups in total. The monoisotopic (exact) mass is 335 g/mol. The summed E-state index contributed by atoms with van der Waals surface area (Å²) in [6.07, 6.45) is 0. The van der Waals surface area contributed by atoms with Crippen molar-refractivity contribution in [3.05, 3.63) is 59.7 Å². The van der Waals surface area contributed by atoms with Gasteiger partial charge in [-0.25, -0.2) is 0 Å². The first kappa shape index (κ1) is 17.0. The molecule has 2 aromatic rings. The number of piperazine rings is 1. The molecule has 1 aliphatic rings. The van der Waals surface area contributed by atoms with Crippen LogP contribution in [0, 0.1) is 11.3 Å². The molecule has 0 unspecified atom stereocenters. The topological polar surface area (TPSA) is 60.6 Å². The van der Waals surface area contributed by atoms with Gasteiger partial charge in [0.25, 0.3) is 5.91 Å². The van der Waals surface area contributed by atoms with Crippen molar-refractivity contribution in [3.8, 4) is 6.07 Å². The van der Waals surface area contributed by atoms with Crippen molar-refractivity contribution in [2.75, 3.05) is 42.9 Å². The molecule has 0 aromatic heterocycles. The van der Waals surface area contributed by atoms with Crippen LogP contribution in [0.2, 0.25) is 0 Å². The number of carbonyl (C=O) groups is 1. The number of carbonyl (C=O) groups excluding carboxylic acids is 1.